The predicted octanol–water partition coefficient (Wildman–Crippen LogP) is 3.77. The quantitative estimate of drug-likeness (QED) is 0.568. The van der Waals surface area contributed by atoms with Gasteiger partial charge in [-0.1, -0.05) is 18.2 Å². The summed E-state index contributed by atoms with van der Waals surface area (Å²) in [6.45, 7) is 1.66. The third-order valence-corrected chi connectivity index (χ3v) is 4.19. The number of amides is 1. The van der Waals surface area contributed by atoms with Gasteiger partial charge >= 0.3 is 6.18 Å². The Morgan fingerprint density at radius 2 is 1.90 bits per heavy atom. The molecule has 10 heteroatoms. The van der Waals surface area contributed by atoms with Crippen molar-refractivity contribution < 1.29 is 18.0 Å². The van der Waals surface area contributed by atoms with Crippen LogP contribution >= 0.6 is 0 Å². The Hall–Kier alpha value is -3.82. The Morgan fingerprint density at radius 1 is 1.10 bits per heavy atom. The lowest BCUT2D eigenvalue weighted by atomic mass is 10.0. The summed E-state index contributed by atoms with van der Waals surface area (Å²) in [6, 6.07) is 8.17. The standard InChI is InChI=1S/C19H13F3N6O/c1-11-17(26-18(29)15-10-23-8-9-24-15)28-16(25-11)7-6-14(27-28)12-4-2-3-5-13(12)19(20,21)22/h2-10H,1H3,(H,26,29). The SMILES string of the molecule is Cc1nc2ccc(-c3ccccc3C(F)(F)F)nn2c1NC(=O)c1cnccn1. The summed E-state index contributed by atoms with van der Waals surface area (Å²) in [7, 11) is 0. The second kappa shape index (κ2) is 6.97. The number of alkyl halides is 3. The molecule has 3 heterocycles. The van der Waals surface area contributed by atoms with Crippen LogP contribution in [0.15, 0.2) is 55.0 Å². The maximum Gasteiger partial charge on any atom is 0.417 e. The van der Waals surface area contributed by atoms with Gasteiger partial charge in [-0.05, 0) is 25.1 Å². The fourth-order valence-corrected chi connectivity index (χ4v) is 2.87. The van der Waals surface area contributed by atoms with Crippen LogP contribution in [0.1, 0.15) is 21.7 Å². The molecular formula is C19H13F3N6O. The third-order valence-electron chi connectivity index (χ3n) is 4.19. The Kier molecular flexibility index (Phi) is 4.45. The Morgan fingerprint density at radius 3 is 2.62 bits per heavy atom. The molecule has 0 bridgehead atoms. The lowest BCUT2D eigenvalue weighted by Crippen LogP contribution is -2.16. The lowest BCUT2D eigenvalue weighted by Gasteiger charge is -2.12. The number of imidazole rings is 1. The van der Waals surface area contributed by atoms with Gasteiger partial charge in [-0.15, -0.1) is 0 Å². The minimum absolute atomic E-state index is 0.0699. The molecule has 1 amide bonds. The van der Waals surface area contributed by atoms with E-state index < -0.39 is 17.6 Å². The van der Waals surface area contributed by atoms with Crippen LogP contribution in [-0.2, 0) is 6.18 Å². The number of nitrogens with zero attached hydrogens (tertiary/aromatic N) is 5. The topological polar surface area (TPSA) is 85.1 Å². The Bertz CT molecular complexity index is 1200. The van der Waals surface area contributed by atoms with Gasteiger partial charge in [-0.3, -0.25) is 9.78 Å². The van der Waals surface area contributed by atoms with Gasteiger partial charge in [0.1, 0.15) is 5.69 Å². The molecule has 29 heavy (non-hydrogen) atoms. The molecule has 0 fully saturated rings. The molecule has 0 unspecified atom stereocenters. The van der Waals surface area contributed by atoms with Gasteiger partial charge in [0.25, 0.3) is 5.91 Å². The van der Waals surface area contributed by atoms with Crippen molar-refractivity contribution in [2.24, 2.45) is 0 Å². The van der Waals surface area contributed by atoms with Crippen LogP contribution in [0.4, 0.5) is 19.0 Å². The number of halogens is 3. The molecule has 146 valence electrons. The van der Waals surface area contributed by atoms with E-state index in [2.05, 4.69) is 25.4 Å². The fraction of sp³-hybridized carbons (Fsp3) is 0.105. The number of carbonyl (C=O) groups is 1. The van der Waals surface area contributed by atoms with Crippen LogP contribution < -0.4 is 5.32 Å². The van der Waals surface area contributed by atoms with Crippen molar-refractivity contribution in [3.8, 4) is 11.3 Å². The zero-order valence-corrected chi connectivity index (χ0v) is 15.0. The summed E-state index contributed by atoms with van der Waals surface area (Å²) >= 11 is 0. The second-order valence-corrected chi connectivity index (χ2v) is 6.12. The van der Waals surface area contributed by atoms with Crippen LogP contribution in [0.5, 0.6) is 0 Å². The van der Waals surface area contributed by atoms with Crippen molar-refractivity contribution in [1.82, 2.24) is 24.6 Å². The van der Waals surface area contributed by atoms with Crippen LogP contribution in [0.3, 0.4) is 0 Å². The van der Waals surface area contributed by atoms with E-state index in [0.717, 1.165) is 6.07 Å². The van der Waals surface area contributed by atoms with Gasteiger partial charge in [0.15, 0.2) is 11.5 Å². The van der Waals surface area contributed by atoms with E-state index in [1.165, 1.54) is 47.4 Å². The Balaban J connectivity index is 1.80. The summed E-state index contributed by atoms with van der Waals surface area (Å²) < 4.78 is 41.4. The number of aromatic nitrogens is 5. The second-order valence-electron chi connectivity index (χ2n) is 6.12. The number of hydrogen-bond acceptors (Lipinski definition) is 5. The summed E-state index contributed by atoms with van der Waals surface area (Å²) in [6.07, 6.45) is -0.420. The smallest absolute Gasteiger partial charge is 0.304 e. The normalized spacial score (nSPS) is 11.6. The number of benzene rings is 1. The summed E-state index contributed by atoms with van der Waals surface area (Å²) in [4.78, 5) is 24.5. The monoisotopic (exact) mass is 398 g/mol. The van der Waals surface area contributed by atoms with Gasteiger partial charge in [0.2, 0.25) is 0 Å². The first kappa shape index (κ1) is 18.5. The van der Waals surface area contributed by atoms with Gasteiger partial charge < -0.3 is 5.32 Å². The first-order valence-electron chi connectivity index (χ1n) is 8.45. The minimum atomic E-state index is -4.53. The molecular weight excluding hydrogens is 385 g/mol. The van der Waals surface area contributed by atoms with E-state index in [9.17, 15) is 18.0 Å². The summed E-state index contributed by atoms with van der Waals surface area (Å²) in [5.74, 6) is -0.298. The van der Waals surface area contributed by atoms with E-state index in [-0.39, 0.29) is 22.8 Å². The zero-order chi connectivity index (χ0) is 20.6. The molecule has 0 saturated heterocycles. The fourth-order valence-electron chi connectivity index (χ4n) is 2.87. The highest BCUT2D eigenvalue weighted by atomic mass is 19.4. The first-order valence-corrected chi connectivity index (χ1v) is 8.45. The molecule has 0 aliphatic heterocycles. The van der Waals surface area contributed by atoms with E-state index in [0.29, 0.717) is 11.3 Å². The lowest BCUT2D eigenvalue weighted by molar-refractivity contribution is -0.137. The molecule has 1 N–H and O–H groups in total. The van der Waals surface area contributed by atoms with Crippen molar-refractivity contribution in [2.75, 3.05) is 5.32 Å². The van der Waals surface area contributed by atoms with Crippen molar-refractivity contribution >= 4 is 17.4 Å². The molecule has 4 aromatic rings. The maximum atomic E-state index is 13.4. The largest absolute Gasteiger partial charge is 0.417 e. The molecule has 0 aliphatic rings. The number of nitrogens with one attached hydrogen (secondary N) is 1. The van der Waals surface area contributed by atoms with Crippen molar-refractivity contribution in [3.63, 3.8) is 0 Å². The van der Waals surface area contributed by atoms with Crippen molar-refractivity contribution in [2.45, 2.75) is 13.1 Å². The number of carbonyl (C=O) groups excluding carboxylic acids is 1. The third kappa shape index (κ3) is 3.51. The van der Waals surface area contributed by atoms with Crippen LogP contribution in [0, 0.1) is 6.92 Å². The molecule has 0 spiro atoms. The number of fused-ring (bicyclic) bond motifs is 1. The van der Waals surface area contributed by atoms with Gasteiger partial charge in [-0.2, -0.15) is 22.8 Å². The molecule has 1 aromatic carbocycles. The van der Waals surface area contributed by atoms with Crippen molar-refractivity contribution in [3.05, 3.63) is 71.9 Å². The van der Waals surface area contributed by atoms with E-state index >= 15 is 0 Å². The minimum Gasteiger partial charge on any atom is -0.304 e. The highest BCUT2D eigenvalue weighted by molar-refractivity contribution is 6.02. The van der Waals surface area contributed by atoms with Gasteiger partial charge in [0.05, 0.1) is 23.1 Å². The number of anilines is 1. The number of hydrogen-bond donors (Lipinski definition) is 1. The van der Waals surface area contributed by atoms with E-state index in [1.54, 1.807) is 13.0 Å². The molecule has 7 nitrogen and oxygen atoms in total. The average molecular weight is 398 g/mol. The van der Waals surface area contributed by atoms with E-state index in [4.69, 9.17) is 0 Å². The summed E-state index contributed by atoms with van der Waals surface area (Å²) in [5.41, 5.74) is 0.146. The molecule has 0 radical (unpaired) electrons. The first-order chi connectivity index (χ1) is 13.8. The van der Waals surface area contributed by atoms with Crippen LogP contribution in [0.2, 0.25) is 0 Å². The highest BCUT2D eigenvalue weighted by Gasteiger charge is 2.33. The molecule has 0 saturated carbocycles. The zero-order valence-electron chi connectivity index (χ0n) is 15.0. The van der Waals surface area contributed by atoms with Crippen LogP contribution in [-0.4, -0.2) is 30.5 Å². The highest BCUT2D eigenvalue weighted by Crippen LogP contribution is 2.36. The number of aryl methyl sites for hydroxylation is 1. The molecule has 0 atom stereocenters. The van der Waals surface area contributed by atoms with Gasteiger partial charge in [0, 0.05) is 18.0 Å². The molecule has 0 aliphatic carbocycles. The maximum absolute atomic E-state index is 13.4. The predicted molar refractivity (Wildman–Crippen MR) is 98.1 cm³/mol. The molecule has 3 aromatic heterocycles. The summed E-state index contributed by atoms with van der Waals surface area (Å²) in [5, 5.41) is 6.94. The van der Waals surface area contributed by atoms with Crippen molar-refractivity contribution in [1.29, 1.82) is 0 Å². The number of rotatable bonds is 3. The van der Waals surface area contributed by atoms with E-state index in [1.807, 2.05) is 0 Å². The average Bonchev–Trinajstić information content (AvgIpc) is 3.02. The molecule has 4 rings (SSSR count). The Labute approximate surface area is 162 Å². The van der Waals surface area contributed by atoms with Crippen LogP contribution in [0.25, 0.3) is 16.9 Å². The van der Waals surface area contributed by atoms with Gasteiger partial charge in [-0.25, -0.2) is 9.97 Å².